The smallest absolute Gasteiger partial charge is 0.279 e. The van der Waals surface area contributed by atoms with Gasteiger partial charge in [0, 0.05) is 20.0 Å². The SMILES string of the molecule is CC(=O)N1CCn2c1nn(S(=O)(=O)c1ccc(C)cc1)c2=O. The molecule has 9 heteroatoms. The van der Waals surface area contributed by atoms with Gasteiger partial charge < -0.3 is 0 Å². The molecule has 0 bridgehead atoms. The Morgan fingerprint density at radius 2 is 1.82 bits per heavy atom. The van der Waals surface area contributed by atoms with E-state index < -0.39 is 15.7 Å². The summed E-state index contributed by atoms with van der Waals surface area (Å²) in [6.07, 6.45) is 0. The molecule has 0 saturated carbocycles. The van der Waals surface area contributed by atoms with Crippen molar-refractivity contribution in [1.29, 1.82) is 0 Å². The van der Waals surface area contributed by atoms with Crippen LogP contribution in [0.15, 0.2) is 34.0 Å². The van der Waals surface area contributed by atoms with E-state index in [1.807, 2.05) is 6.92 Å². The lowest BCUT2D eigenvalue weighted by Crippen LogP contribution is -2.31. The summed E-state index contributed by atoms with van der Waals surface area (Å²) in [7, 11) is -4.08. The zero-order valence-electron chi connectivity index (χ0n) is 12.1. The molecule has 2 aromatic rings. The third kappa shape index (κ3) is 2.05. The number of carbonyl (C=O) groups excluding carboxylic acids is 1. The van der Waals surface area contributed by atoms with Crippen molar-refractivity contribution in [2.75, 3.05) is 11.4 Å². The number of amides is 1. The van der Waals surface area contributed by atoms with Gasteiger partial charge in [0.15, 0.2) is 0 Å². The van der Waals surface area contributed by atoms with Crippen LogP contribution in [0, 0.1) is 6.92 Å². The van der Waals surface area contributed by atoms with E-state index in [1.54, 1.807) is 12.1 Å². The van der Waals surface area contributed by atoms with Crippen molar-refractivity contribution in [3.8, 4) is 0 Å². The Morgan fingerprint density at radius 1 is 1.18 bits per heavy atom. The first-order chi connectivity index (χ1) is 10.3. The summed E-state index contributed by atoms with van der Waals surface area (Å²) in [5.41, 5.74) is 0.140. The van der Waals surface area contributed by atoms with E-state index >= 15 is 0 Å². The van der Waals surface area contributed by atoms with Gasteiger partial charge in [0.2, 0.25) is 11.9 Å². The highest BCUT2D eigenvalue weighted by atomic mass is 32.2. The standard InChI is InChI=1S/C13H14N4O4S/c1-9-3-5-11(6-4-9)22(20,21)17-13(19)16-8-7-15(10(2)18)12(16)14-17/h3-6H,7-8H2,1-2H3. The lowest BCUT2D eigenvalue weighted by Gasteiger charge is -2.09. The van der Waals surface area contributed by atoms with E-state index in [1.165, 1.54) is 28.5 Å². The molecule has 1 aromatic heterocycles. The molecule has 0 spiro atoms. The highest BCUT2D eigenvalue weighted by Gasteiger charge is 2.32. The highest BCUT2D eigenvalue weighted by Crippen LogP contribution is 2.19. The van der Waals surface area contributed by atoms with Gasteiger partial charge in [-0.1, -0.05) is 21.8 Å². The van der Waals surface area contributed by atoms with Crippen molar-refractivity contribution >= 4 is 21.9 Å². The summed E-state index contributed by atoms with van der Waals surface area (Å²) in [5.74, 6) is -0.225. The van der Waals surface area contributed by atoms with E-state index in [-0.39, 0.29) is 23.3 Å². The molecular formula is C13H14N4O4S. The second kappa shape index (κ2) is 4.80. The number of anilines is 1. The molecule has 1 aliphatic rings. The zero-order chi connectivity index (χ0) is 16.1. The average molecular weight is 322 g/mol. The molecule has 116 valence electrons. The fourth-order valence-electron chi connectivity index (χ4n) is 2.33. The van der Waals surface area contributed by atoms with E-state index in [2.05, 4.69) is 5.10 Å². The fourth-order valence-corrected chi connectivity index (χ4v) is 3.49. The minimum atomic E-state index is -4.08. The molecular weight excluding hydrogens is 308 g/mol. The van der Waals surface area contributed by atoms with Crippen LogP contribution in [0.1, 0.15) is 12.5 Å². The number of nitrogens with zero attached hydrogens (tertiary/aromatic N) is 4. The maximum absolute atomic E-state index is 12.5. The van der Waals surface area contributed by atoms with Crippen molar-refractivity contribution in [3.05, 3.63) is 40.3 Å². The molecule has 0 aliphatic carbocycles. The first kappa shape index (κ1) is 14.5. The van der Waals surface area contributed by atoms with Crippen LogP contribution in [-0.2, 0) is 21.4 Å². The quantitative estimate of drug-likeness (QED) is 0.773. The number of aryl methyl sites for hydroxylation is 1. The van der Waals surface area contributed by atoms with Crippen LogP contribution in [0.4, 0.5) is 5.95 Å². The van der Waals surface area contributed by atoms with E-state index in [9.17, 15) is 18.0 Å². The maximum atomic E-state index is 12.5. The number of hydrogen-bond donors (Lipinski definition) is 0. The summed E-state index contributed by atoms with van der Waals surface area (Å²) in [4.78, 5) is 25.0. The Kier molecular flexibility index (Phi) is 3.17. The molecule has 3 rings (SSSR count). The Morgan fingerprint density at radius 3 is 2.41 bits per heavy atom. The van der Waals surface area contributed by atoms with E-state index in [4.69, 9.17) is 0 Å². The number of benzene rings is 1. The predicted octanol–water partition coefficient (Wildman–Crippen LogP) is -0.0433. The van der Waals surface area contributed by atoms with Gasteiger partial charge in [0.25, 0.3) is 10.0 Å². The highest BCUT2D eigenvalue weighted by molar-refractivity contribution is 7.89. The molecule has 0 radical (unpaired) electrons. The molecule has 0 saturated heterocycles. The monoisotopic (exact) mass is 322 g/mol. The third-order valence-corrected chi connectivity index (χ3v) is 5.09. The number of rotatable bonds is 2. The van der Waals surface area contributed by atoms with Crippen LogP contribution in [-0.4, -0.2) is 34.6 Å². The first-order valence-corrected chi connectivity index (χ1v) is 8.06. The zero-order valence-corrected chi connectivity index (χ0v) is 12.9. The van der Waals surface area contributed by atoms with Crippen LogP contribution in [0.3, 0.4) is 0 Å². The molecule has 0 N–H and O–H groups in total. The topological polar surface area (TPSA) is 94.3 Å². The van der Waals surface area contributed by atoms with Gasteiger partial charge in [-0.25, -0.2) is 4.79 Å². The molecule has 1 amide bonds. The number of carbonyl (C=O) groups is 1. The lowest BCUT2D eigenvalue weighted by molar-refractivity contribution is -0.116. The van der Waals surface area contributed by atoms with Crippen molar-refractivity contribution in [1.82, 2.24) is 13.8 Å². The van der Waals surface area contributed by atoms with Gasteiger partial charge >= 0.3 is 5.69 Å². The van der Waals surface area contributed by atoms with Crippen LogP contribution in [0.2, 0.25) is 0 Å². The van der Waals surface area contributed by atoms with Gasteiger partial charge in [-0.05, 0) is 19.1 Å². The molecule has 0 unspecified atom stereocenters. The van der Waals surface area contributed by atoms with E-state index in [0.717, 1.165) is 5.56 Å². The average Bonchev–Trinajstić information content (AvgIpc) is 3.00. The van der Waals surface area contributed by atoms with Crippen LogP contribution in [0.5, 0.6) is 0 Å². The molecule has 2 heterocycles. The molecule has 0 fully saturated rings. The third-order valence-electron chi connectivity index (χ3n) is 3.53. The Labute approximate surface area is 126 Å². The van der Waals surface area contributed by atoms with Gasteiger partial charge in [-0.3, -0.25) is 14.3 Å². The minimum absolute atomic E-state index is 0.0219. The van der Waals surface area contributed by atoms with Crippen molar-refractivity contribution in [3.63, 3.8) is 0 Å². The van der Waals surface area contributed by atoms with Crippen molar-refractivity contribution in [2.24, 2.45) is 0 Å². The molecule has 1 aliphatic heterocycles. The molecule has 22 heavy (non-hydrogen) atoms. The maximum Gasteiger partial charge on any atom is 0.362 e. The Hall–Kier alpha value is -2.42. The summed E-state index contributed by atoms with van der Waals surface area (Å²) in [6.45, 7) is 3.72. The van der Waals surface area contributed by atoms with Gasteiger partial charge in [-0.2, -0.15) is 8.42 Å². The second-order valence-electron chi connectivity index (χ2n) is 5.07. The molecule has 0 atom stereocenters. The van der Waals surface area contributed by atoms with Crippen LogP contribution < -0.4 is 10.6 Å². The number of aromatic nitrogens is 3. The largest absolute Gasteiger partial charge is 0.362 e. The summed E-state index contributed by atoms with van der Waals surface area (Å²) in [6, 6.07) is 6.13. The van der Waals surface area contributed by atoms with Crippen LogP contribution >= 0.6 is 0 Å². The summed E-state index contributed by atoms with van der Waals surface area (Å²) in [5, 5.41) is 3.85. The van der Waals surface area contributed by atoms with Crippen molar-refractivity contribution in [2.45, 2.75) is 25.3 Å². The van der Waals surface area contributed by atoms with Crippen molar-refractivity contribution < 1.29 is 13.2 Å². The predicted molar refractivity (Wildman–Crippen MR) is 78.3 cm³/mol. The molecule has 1 aromatic carbocycles. The summed E-state index contributed by atoms with van der Waals surface area (Å²) >= 11 is 0. The fraction of sp³-hybridized carbons (Fsp3) is 0.308. The minimum Gasteiger partial charge on any atom is -0.279 e. The summed E-state index contributed by atoms with van der Waals surface area (Å²) < 4.78 is 26.7. The molecule has 8 nitrogen and oxygen atoms in total. The lowest BCUT2D eigenvalue weighted by atomic mass is 10.2. The first-order valence-electron chi connectivity index (χ1n) is 6.62. The van der Waals surface area contributed by atoms with E-state index in [0.29, 0.717) is 10.6 Å². The second-order valence-corrected chi connectivity index (χ2v) is 6.83. The Balaban J connectivity index is 2.14. The van der Waals surface area contributed by atoms with Gasteiger partial charge in [-0.15, -0.1) is 5.10 Å². The Bertz CT molecular complexity index is 909. The van der Waals surface area contributed by atoms with Gasteiger partial charge in [0.05, 0.1) is 4.90 Å². The van der Waals surface area contributed by atoms with Crippen LogP contribution in [0.25, 0.3) is 0 Å². The number of fused-ring (bicyclic) bond motifs is 1. The van der Waals surface area contributed by atoms with Gasteiger partial charge in [0.1, 0.15) is 0 Å². The number of hydrogen-bond acceptors (Lipinski definition) is 5. The normalized spacial score (nSPS) is 14.2.